The molecule has 1 aliphatic heterocycles. The quantitative estimate of drug-likeness (QED) is 0.887. The van der Waals surface area contributed by atoms with E-state index in [9.17, 15) is 14.0 Å². The van der Waals surface area contributed by atoms with Gasteiger partial charge in [0, 0.05) is 11.7 Å². The number of carbonyl (C=O) groups is 2. The van der Waals surface area contributed by atoms with Crippen molar-refractivity contribution in [2.24, 2.45) is 0 Å². The molecule has 2 aromatic rings. The van der Waals surface area contributed by atoms with Crippen LogP contribution in [0.1, 0.15) is 29.0 Å². The molecule has 1 aliphatic carbocycles. The number of cyclic esters (lactones) is 1. The van der Waals surface area contributed by atoms with Crippen molar-refractivity contribution in [2.45, 2.75) is 31.9 Å². The predicted molar refractivity (Wildman–Crippen MR) is 90.6 cm³/mol. The zero-order valence-electron chi connectivity index (χ0n) is 14.3. The van der Waals surface area contributed by atoms with Gasteiger partial charge in [-0.15, -0.1) is 0 Å². The summed E-state index contributed by atoms with van der Waals surface area (Å²) in [6, 6.07) is 8.14. The number of halogens is 1. The van der Waals surface area contributed by atoms with Crippen LogP contribution in [0.15, 0.2) is 30.3 Å². The molecule has 1 aromatic heterocycles. The van der Waals surface area contributed by atoms with Crippen LogP contribution >= 0.6 is 0 Å². The number of amides is 2. The number of hydrogen-bond acceptors (Lipinski definition) is 4. The molecule has 0 bridgehead atoms. The van der Waals surface area contributed by atoms with Gasteiger partial charge in [-0.05, 0) is 38.0 Å². The molecule has 0 spiro atoms. The summed E-state index contributed by atoms with van der Waals surface area (Å²) < 4.78 is 20.6. The maximum absolute atomic E-state index is 13.9. The van der Waals surface area contributed by atoms with Crippen molar-refractivity contribution in [1.82, 2.24) is 20.0 Å². The van der Waals surface area contributed by atoms with Crippen LogP contribution in [-0.4, -0.2) is 51.9 Å². The molecule has 2 heterocycles. The molecule has 1 saturated carbocycles. The fourth-order valence-electron chi connectivity index (χ4n) is 3.08. The summed E-state index contributed by atoms with van der Waals surface area (Å²) in [6.07, 6.45) is 1.36. The van der Waals surface area contributed by atoms with Gasteiger partial charge in [-0.1, -0.05) is 12.1 Å². The number of nitrogens with zero attached hydrogens (tertiary/aromatic N) is 3. The Labute approximate surface area is 149 Å². The van der Waals surface area contributed by atoms with Gasteiger partial charge < -0.3 is 15.0 Å². The molecule has 1 N–H and O–H groups in total. The Balaban J connectivity index is 1.40. The molecule has 136 valence electrons. The van der Waals surface area contributed by atoms with Gasteiger partial charge in [-0.25, -0.2) is 13.9 Å². The molecule has 7 nitrogen and oxygen atoms in total. The lowest BCUT2D eigenvalue weighted by molar-refractivity contribution is 0.0909. The molecule has 2 aliphatic rings. The molecule has 1 unspecified atom stereocenters. The third-order valence-electron chi connectivity index (χ3n) is 4.58. The third-order valence-corrected chi connectivity index (χ3v) is 4.58. The molecule has 1 aromatic carbocycles. The number of nitrogens with one attached hydrogen (secondary N) is 1. The minimum Gasteiger partial charge on any atom is -0.442 e. The number of carbonyl (C=O) groups excluding carboxylic acids is 2. The maximum atomic E-state index is 13.9. The summed E-state index contributed by atoms with van der Waals surface area (Å²) in [4.78, 5) is 25.8. The SMILES string of the molecule is Cc1cc(C(=O)NCC2CN(C3CC3)C(=O)O2)nn1-c1ccccc1F. The highest BCUT2D eigenvalue weighted by Crippen LogP contribution is 2.30. The number of rotatable bonds is 5. The van der Waals surface area contributed by atoms with Crippen molar-refractivity contribution in [3.63, 3.8) is 0 Å². The van der Waals surface area contributed by atoms with Crippen LogP contribution in [0, 0.1) is 12.7 Å². The van der Waals surface area contributed by atoms with E-state index in [0.717, 1.165) is 12.8 Å². The van der Waals surface area contributed by atoms with E-state index in [1.807, 2.05) is 0 Å². The van der Waals surface area contributed by atoms with E-state index in [-0.39, 0.29) is 36.0 Å². The lowest BCUT2D eigenvalue weighted by Gasteiger charge is -2.11. The first kappa shape index (κ1) is 16.6. The van der Waals surface area contributed by atoms with Gasteiger partial charge >= 0.3 is 6.09 Å². The van der Waals surface area contributed by atoms with Crippen LogP contribution in [0.4, 0.5) is 9.18 Å². The Morgan fingerprint density at radius 2 is 2.15 bits per heavy atom. The first-order valence-electron chi connectivity index (χ1n) is 8.60. The number of benzene rings is 1. The highest BCUT2D eigenvalue weighted by molar-refractivity contribution is 5.92. The molecule has 0 radical (unpaired) electrons. The lowest BCUT2D eigenvalue weighted by Crippen LogP contribution is -2.35. The van der Waals surface area contributed by atoms with E-state index >= 15 is 0 Å². The predicted octanol–water partition coefficient (Wildman–Crippen LogP) is 2.03. The van der Waals surface area contributed by atoms with Gasteiger partial charge in [-0.3, -0.25) is 4.79 Å². The molecule has 1 atom stereocenters. The zero-order chi connectivity index (χ0) is 18.3. The van der Waals surface area contributed by atoms with E-state index in [1.165, 1.54) is 10.7 Å². The summed E-state index contributed by atoms with van der Waals surface area (Å²) >= 11 is 0. The van der Waals surface area contributed by atoms with E-state index in [4.69, 9.17) is 4.74 Å². The summed E-state index contributed by atoms with van der Waals surface area (Å²) in [5.74, 6) is -0.798. The summed E-state index contributed by atoms with van der Waals surface area (Å²) in [6.45, 7) is 2.47. The largest absolute Gasteiger partial charge is 0.442 e. The Morgan fingerprint density at radius 3 is 2.88 bits per heavy atom. The highest BCUT2D eigenvalue weighted by atomic mass is 19.1. The van der Waals surface area contributed by atoms with Gasteiger partial charge in [0.2, 0.25) is 0 Å². The standard InChI is InChI=1S/C18H19FN4O3/c1-11-8-15(21-23(11)16-5-3-2-4-14(16)19)17(24)20-9-13-10-22(12-6-7-12)18(25)26-13/h2-5,8,12-13H,6-7,9-10H2,1H3,(H,20,24). The van der Waals surface area contributed by atoms with Crippen LogP contribution in [-0.2, 0) is 4.74 Å². The van der Waals surface area contributed by atoms with E-state index in [2.05, 4.69) is 10.4 Å². The summed E-state index contributed by atoms with van der Waals surface area (Å²) in [7, 11) is 0. The minimum absolute atomic E-state index is 0.189. The van der Waals surface area contributed by atoms with Crippen LogP contribution in [0.2, 0.25) is 0 Å². The molecule has 4 rings (SSSR count). The number of aromatic nitrogens is 2. The van der Waals surface area contributed by atoms with Gasteiger partial charge in [0.1, 0.15) is 17.6 Å². The second-order valence-corrected chi connectivity index (χ2v) is 6.63. The average Bonchev–Trinajstić information content (AvgIpc) is 3.29. The van der Waals surface area contributed by atoms with Gasteiger partial charge in [0.15, 0.2) is 5.69 Å². The van der Waals surface area contributed by atoms with E-state index in [0.29, 0.717) is 18.3 Å². The van der Waals surface area contributed by atoms with E-state index in [1.54, 1.807) is 36.1 Å². The van der Waals surface area contributed by atoms with Crippen molar-refractivity contribution in [2.75, 3.05) is 13.1 Å². The topological polar surface area (TPSA) is 76.5 Å². The van der Waals surface area contributed by atoms with Crippen LogP contribution in [0.3, 0.4) is 0 Å². The van der Waals surface area contributed by atoms with E-state index < -0.39 is 5.82 Å². The second-order valence-electron chi connectivity index (χ2n) is 6.63. The Hall–Kier alpha value is -2.90. The smallest absolute Gasteiger partial charge is 0.410 e. The molecular weight excluding hydrogens is 339 g/mol. The molecular formula is C18H19FN4O3. The van der Waals surface area contributed by atoms with Crippen LogP contribution in [0.5, 0.6) is 0 Å². The minimum atomic E-state index is -0.413. The fourth-order valence-corrected chi connectivity index (χ4v) is 3.08. The first-order chi connectivity index (χ1) is 12.5. The fraction of sp³-hybridized carbons (Fsp3) is 0.389. The van der Waals surface area contributed by atoms with Gasteiger partial charge in [0.05, 0.1) is 13.1 Å². The molecule has 2 fully saturated rings. The lowest BCUT2D eigenvalue weighted by atomic mass is 10.3. The molecule has 26 heavy (non-hydrogen) atoms. The Morgan fingerprint density at radius 1 is 1.38 bits per heavy atom. The van der Waals surface area contributed by atoms with Crippen molar-refractivity contribution in [1.29, 1.82) is 0 Å². The first-order valence-corrected chi connectivity index (χ1v) is 8.60. The van der Waals surface area contributed by atoms with Crippen molar-refractivity contribution >= 4 is 12.0 Å². The summed E-state index contributed by atoms with van der Waals surface area (Å²) in [5, 5.41) is 6.94. The average molecular weight is 358 g/mol. The second kappa shape index (κ2) is 6.44. The number of hydrogen-bond donors (Lipinski definition) is 1. The maximum Gasteiger partial charge on any atom is 0.410 e. The molecule has 1 saturated heterocycles. The number of aryl methyl sites for hydroxylation is 1. The number of ether oxygens (including phenoxy) is 1. The van der Waals surface area contributed by atoms with Gasteiger partial charge in [-0.2, -0.15) is 5.10 Å². The van der Waals surface area contributed by atoms with Crippen molar-refractivity contribution < 1.29 is 18.7 Å². The Kier molecular flexibility index (Phi) is 4.10. The normalized spacial score (nSPS) is 19.5. The molecule has 8 heteroatoms. The summed E-state index contributed by atoms with van der Waals surface area (Å²) in [5.41, 5.74) is 1.12. The number of para-hydroxylation sites is 1. The van der Waals surface area contributed by atoms with Crippen molar-refractivity contribution in [3.8, 4) is 5.69 Å². The zero-order valence-corrected chi connectivity index (χ0v) is 14.3. The molecule has 2 amide bonds. The monoisotopic (exact) mass is 358 g/mol. The van der Waals surface area contributed by atoms with Crippen molar-refractivity contribution in [3.05, 3.63) is 47.5 Å². The highest BCUT2D eigenvalue weighted by Gasteiger charge is 2.40. The van der Waals surface area contributed by atoms with Crippen LogP contribution < -0.4 is 5.32 Å². The Bertz CT molecular complexity index is 862. The van der Waals surface area contributed by atoms with Crippen LogP contribution in [0.25, 0.3) is 5.69 Å². The van der Waals surface area contributed by atoms with Gasteiger partial charge in [0.25, 0.3) is 5.91 Å². The third kappa shape index (κ3) is 3.14.